The Balaban J connectivity index is 1.68. The highest BCUT2D eigenvalue weighted by Crippen LogP contribution is 2.32. The van der Waals surface area contributed by atoms with Gasteiger partial charge in [-0.2, -0.15) is 5.10 Å². The standard InChI is InChI=1S/C23H27BrClN3O3/c1-6-28-20(18(24)11-26-28)12-27(5)23(29)21-8-7-16(31-21)13-30-22-9-15(4)19(25)10-17(22)14(2)3/h7-11,14H,6,12-13H2,1-5H3. The lowest BCUT2D eigenvalue weighted by atomic mass is 10.0. The summed E-state index contributed by atoms with van der Waals surface area (Å²) in [5.41, 5.74) is 2.93. The van der Waals surface area contributed by atoms with Crippen molar-refractivity contribution in [3.63, 3.8) is 0 Å². The van der Waals surface area contributed by atoms with Crippen molar-refractivity contribution in [2.24, 2.45) is 0 Å². The Hall–Kier alpha value is -2.25. The van der Waals surface area contributed by atoms with Gasteiger partial charge in [-0.15, -0.1) is 0 Å². The minimum atomic E-state index is -0.202. The van der Waals surface area contributed by atoms with Crippen LogP contribution < -0.4 is 4.74 Å². The number of hydrogen-bond donors (Lipinski definition) is 0. The summed E-state index contributed by atoms with van der Waals surface area (Å²) in [5.74, 6) is 1.70. The molecule has 0 aliphatic rings. The molecular formula is C23H27BrClN3O3. The zero-order valence-corrected chi connectivity index (χ0v) is 20.7. The summed E-state index contributed by atoms with van der Waals surface area (Å²) < 4.78 is 14.5. The zero-order chi connectivity index (χ0) is 22.7. The van der Waals surface area contributed by atoms with Crippen LogP contribution in [0.15, 0.2) is 39.4 Å². The van der Waals surface area contributed by atoms with Gasteiger partial charge in [0.2, 0.25) is 0 Å². The van der Waals surface area contributed by atoms with Crippen LogP contribution in [-0.4, -0.2) is 27.6 Å². The molecule has 2 aromatic heterocycles. The SMILES string of the molecule is CCn1ncc(Br)c1CN(C)C(=O)c1ccc(COc2cc(C)c(Cl)cc2C(C)C)o1. The highest BCUT2D eigenvalue weighted by atomic mass is 79.9. The van der Waals surface area contributed by atoms with Crippen molar-refractivity contribution in [3.8, 4) is 5.75 Å². The lowest BCUT2D eigenvalue weighted by Gasteiger charge is -2.17. The van der Waals surface area contributed by atoms with Crippen LogP contribution in [0.5, 0.6) is 5.75 Å². The van der Waals surface area contributed by atoms with Crippen LogP contribution in [0.1, 0.15) is 59.8 Å². The van der Waals surface area contributed by atoms with Gasteiger partial charge >= 0.3 is 0 Å². The number of nitrogens with zero attached hydrogens (tertiary/aromatic N) is 3. The molecule has 0 aliphatic heterocycles. The van der Waals surface area contributed by atoms with Gasteiger partial charge in [0, 0.05) is 18.6 Å². The predicted molar refractivity (Wildman–Crippen MR) is 125 cm³/mol. The van der Waals surface area contributed by atoms with Gasteiger partial charge < -0.3 is 14.1 Å². The van der Waals surface area contributed by atoms with Gasteiger partial charge in [0.05, 0.1) is 22.9 Å². The van der Waals surface area contributed by atoms with Gasteiger partial charge in [0.15, 0.2) is 5.76 Å². The number of aromatic nitrogens is 2. The van der Waals surface area contributed by atoms with Gasteiger partial charge in [-0.25, -0.2) is 0 Å². The second-order valence-electron chi connectivity index (χ2n) is 7.76. The molecule has 0 aliphatic carbocycles. The number of rotatable bonds is 8. The highest BCUT2D eigenvalue weighted by Gasteiger charge is 2.20. The second-order valence-corrected chi connectivity index (χ2v) is 9.03. The normalized spacial score (nSPS) is 11.2. The molecule has 0 spiro atoms. The first-order valence-electron chi connectivity index (χ1n) is 10.2. The van der Waals surface area contributed by atoms with E-state index in [1.54, 1.807) is 30.3 Å². The molecule has 0 saturated carbocycles. The van der Waals surface area contributed by atoms with E-state index in [1.807, 2.05) is 30.7 Å². The van der Waals surface area contributed by atoms with Gasteiger partial charge in [-0.05, 0) is 71.1 Å². The number of ether oxygens (including phenoxy) is 1. The van der Waals surface area contributed by atoms with Crippen molar-refractivity contribution < 1.29 is 13.9 Å². The first-order valence-corrected chi connectivity index (χ1v) is 11.4. The van der Waals surface area contributed by atoms with E-state index in [0.717, 1.165) is 38.6 Å². The summed E-state index contributed by atoms with van der Waals surface area (Å²) in [4.78, 5) is 14.4. The van der Waals surface area contributed by atoms with E-state index in [9.17, 15) is 4.79 Å². The van der Waals surface area contributed by atoms with Crippen molar-refractivity contribution in [3.05, 3.63) is 68.3 Å². The zero-order valence-electron chi connectivity index (χ0n) is 18.4. The molecule has 0 N–H and O–H groups in total. The predicted octanol–water partition coefficient (Wildman–Crippen LogP) is 6.19. The largest absolute Gasteiger partial charge is 0.485 e. The molecule has 0 unspecified atom stereocenters. The van der Waals surface area contributed by atoms with Crippen LogP contribution in [0.3, 0.4) is 0 Å². The summed E-state index contributed by atoms with van der Waals surface area (Å²) in [5, 5.41) is 5.01. The molecule has 31 heavy (non-hydrogen) atoms. The summed E-state index contributed by atoms with van der Waals surface area (Å²) in [6.45, 7) is 9.52. The van der Waals surface area contributed by atoms with E-state index < -0.39 is 0 Å². The smallest absolute Gasteiger partial charge is 0.289 e. The molecule has 0 atom stereocenters. The van der Waals surface area contributed by atoms with Crippen molar-refractivity contribution in [1.82, 2.24) is 14.7 Å². The third kappa shape index (κ3) is 5.33. The van der Waals surface area contributed by atoms with Crippen molar-refractivity contribution in [2.45, 2.75) is 53.3 Å². The Labute approximate surface area is 196 Å². The van der Waals surface area contributed by atoms with E-state index in [2.05, 4.69) is 34.9 Å². The fourth-order valence-corrected chi connectivity index (χ4v) is 3.86. The van der Waals surface area contributed by atoms with Crippen LogP contribution in [0.2, 0.25) is 5.02 Å². The van der Waals surface area contributed by atoms with Crippen LogP contribution in [-0.2, 0) is 19.7 Å². The molecule has 0 radical (unpaired) electrons. The summed E-state index contributed by atoms with van der Waals surface area (Å²) in [6, 6.07) is 7.34. The fourth-order valence-electron chi connectivity index (χ4n) is 3.27. The average molecular weight is 509 g/mol. The lowest BCUT2D eigenvalue weighted by Crippen LogP contribution is -2.27. The molecular weight excluding hydrogens is 482 g/mol. The average Bonchev–Trinajstić information content (AvgIpc) is 3.34. The van der Waals surface area contributed by atoms with E-state index in [4.69, 9.17) is 20.8 Å². The van der Waals surface area contributed by atoms with Crippen LogP contribution in [0.25, 0.3) is 0 Å². The Morgan fingerprint density at radius 3 is 2.77 bits per heavy atom. The van der Waals surface area contributed by atoms with Crippen molar-refractivity contribution >= 4 is 33.4 Å². The third-order valence-corrected chi connectivity index (χ3v) is 6.16. The maximum absolute atomic E-state index is 12.8. The second kappa shape index (κ2) is 9.92. The quantitative estimate of drug-likeness (QED) is 0.364. The molecule has 6 nitrogen and oxygen atoms in total. The summed E-state index contributed by atoms with van der Waals surface area (Å²) in [7, 11) is 1.74. The van der Waals surface area contributed by atoms with Crippen molar-refractivity contribution in [2.75, 3.05) is 7.05 Å². The van der Waals surface area contributed by atoms with Gasteiger partial charge in [-0.1, -0.05) is 25.4 Å². The van der Waals surface area contributed by atoms with Crippen molar-refractivity contribution in [1.29, 1.82) is 0 Å². The Bertz CT molecular complexity index is 1070. The molecule has 1 aromatic carbocycles. The minimum absolute atomic E-state index is 0.202. The van der Waals surface area contributed by atoms with E-state index in [1.165, 1.54) is 0 Å². The number of benzene rings is 1. The number of amides is 1. The summed E-state index contributed by atoms with van der Waals surface area (Å²) >= 11 is 9.76. The molecule has 1 amide bonds. The molecule has 0 bridgehead atoms. The highest BCUT2D eigenvalue weighted by molar-refractivity contribution is 9.10. The van der Waals surface area contributed by atoms with E-state index >= 15 is 0 Å². The number of furan rings is 1. The first-order chi connectivity index (χ1) is 14.7. The third-order valence-electron chi connectivity index (χ3n) is 5.09. The summed E-state index contributed by atoms with van der Waals surface area (Å²) in [6.07, 6.45) is 1.74. The minimum Gasteiger partial charge on any atom is -0.485 e. The number of aryl methyl sites for hydroxylation is 2. The van der Waals surface area contributed by atoms with Gasteiger partial charge in [0.25, 0.3) is 5.91 Å². The number of carbonyl (C=O) groups excluding carboxylic acids is 1. The van der Waals surface area contributed by atoms with Gasteiger partial charge in [0.1, 0.15) is 18.1 Å². The van der Waals surface area contributed by atoms with Crippen LogP contribution >= 0.6 is 27.5 Å². The molecule has 3 rings (SSSR count). The Kier molecular flexibility index (Phi) is 7.49. The molecule has 0 saturated heterocycles. The molecule has 8 heteroatoms. The van der Waals surface area contributed by atoms with Crippen LogP contribution in [0.4, 0.5) is 0 Å². The van der Waals surface area contributed by atoms with Crippen LogP contribution in [0, 0.1) is 6.92 Å². The Morgan fingerprint density at radius 2 is 2.10 bits per heavy atom. The maximum Gasteiger partial charge on any atom is 0.289 e. The number of carbonyl (C=O) groups is 1. The maximum atomic E-state index is 12.8. The number of hydrogen-bond acceptors (Lipinski definition) is 4. The molecule has 166 valence electrons. The topological polar surface area (TPSA) is 60.5 Å². The number of halogens is 2. The first kappa shape index (κ1) is 23.4. The Morgan fingerprint density at radius 1 is 1.35 bits per heavy atom. The molecule has 3 aromatic rings. The fraction of sp³-hybridized carbons (Fsp3) is 0.391. The van der Waals surface area contributed by atoms with E-state index in [0.29, 0.717) is 12.3 Å². The molecule has 2 heterocycles. The molecule has 0 fully saturated rings. The van der Waals surface area contributed by atoms with E-state index in [-0.39, 0.29) is 24.2 Å². The monoisotopic (exact) mass is 507 g/mol. The van der Waals surface area contributed by atoms with Gasteiger partial charge in [-0.3, -0.25) is 9.48 Å². The lowest BCUT2D eigenvalue weighted by molar-refractivity contribution is 0.0745.